The molecule has 0 aromatic carbocycles. The zero-order valence-electron chi connectivity index (χ0n) is 9.38. The van der Waals surface area contributed by atoms with Crippen LogP contribution in [0.3, 0.4) is 0 Å². The SMILES string of the molecule is CC(C)(Cc1cccnc1C(F)(F)F)C(=O)O. The van der Waals surface area contributed by atoms with Crippen LogP contribution in [0.4, 0.5) is 13.2 Å². The summed E-state index contributed by atoms with van der Waals surface area (Å²) < 4.78 is 37.8. The third-order valence-corrected chi connectivity index (χ3v) is 2.37. The van der Waals surface area contributed by atoms with Crippen LogP contribution < -0.4 is 0 Å². The molecule has 0 saturated heterocycles. The third kappa shape index (κ3) is 3.18. The van der Waals surface area contributed by atoms with Crippen molar-refractivity contribution in [3.05, 3.63) is 29.6 Å². The quantitative estimate of drug-likeness (QED) is 0.893. The Labute approximate surface area is 96.3 Å². The van der Waals surface area contributed by atoms with Gasteiger partial charge in [0.2, 0.25) is 0 Å². The van der Waals surface area contributed by atoms with Gasteiger partial charge in [-0.05, 0) is 31.9 Å². The molecule has 0 amide bonds. The minimum absolute atomic E-state index is 0.104. The predicted molar refractivity (Wildman–Crippen MR) is 54.4 cm³/mol. The number of alkyl halides is 3. The Morgan fingerprint density at radius 3 is 2.47 bits per heavy atom. The number of halogens is 3. The van der Waals surface area contributed by atoms with E-state index in [0.717, 1.165) is 6.20 Å². The van der Waals surface area contributed by atoms with Gasteiger partial charge in [-0.25, -0.2) is 0 Å². The van der Waals surface area contributed by atoms with Crippen LogP contribution in [0, 0.1) is 5.41 Å². The van der Waals surface area contributed by atoms with E-state index in [2.05, 4.69) is 4.98 Å². The van der Waals surface area contributed by atoms with Crippen molar-refractivity contribution in [3.63, 3.8) is 0 Å². The van der Waals surface area contributed by atoms with E-state index in [4.69, 9.17) is 5.11 Å². The summed E-state index contributed by atoms with van der Waals surface area (Å²) in [4.78, 5) is 14.2. The highest BCUT2D eigenvalue weighted by atomic mass is 19.4. The minimum Gasteiger partial charge on any atom is -0.481 e. The second-order valence-corrected chi connectivity index (χ2v) is 4.37. The van der Waals surface area contributed by atoms with Gasteiger partial charge in [0.1, 0.15) is 5.69 Å². The molecular formula is C11H12F3NO2. The van der Waals surface area contributed by atoms with Gasteiger partial charge >= 0.3 is 12.1 Å². The molecule has 0 bridgehead atoms. The smallest absolute Gasteiger partial charge is 0.433 e. The van der Waals surface area contributed by atoms with Crippen LogP contribution in [-0.4, -0.2) is 16.1 Å². The number of nitrogens with zero attached hydrogens (tertiary/aromatic N) is 1. The van der Waals surface area contributed by atoms with Crippen molar-refractivity contribution >= 4 is 5.97 Å². The topological polar surface area (TPSA) is 50.2 Å². The van der Waals surface area contributed by atoms with E-state index < -0.39 is 23.3 Å². The molecule has 0 atom stereocenters. The largest absolute Gasteiger partial charge is 0.481 e. The lowest BCUT2D eigenvalue weighted by Gasteiger charge is -2.21. The normalized spacial score (nSPS) is 12.5. The molecule has 17 heavy (non-hydrogen) atoms. The molecule has 1 aromatic rings. The van der Waals surface area contributed by atoms with E-state index in [1.807, 2.05) is 0 Å². The summed E-state index contributed by atoms with van der Waals surface area (Å²) in [6.07, 6.45) is -3.74. The second-order valence-electron chi connectivity index (χ2n) is 4.37. The molecule has 0 fully saturated rings. The molecule has 6 heteroatoms. The highest BCUT2D eigenvalue weighted by Gasteiger charge is 2.37. The lowest BCUT2D eigenvalue weighted by Crippen LogP contribution is -2.27. The van der Waals surface area contributed by atoms with Gasteiger partial charge in [-0.1, -0.05) is 6.07 Å². The molecule has 0 saturated carbocycles. The first-order chi connectivity index (χ1) is 7.64. The van der Waals surface area contributed by atoms with E-state index in [9.17, 15) is 18.0 Å². The number of carboxylic acid groups (broad SMARTS) is 1. The van der Waals surface area contributed by atoms with E-state index >= 15 is 0 Å². The van der Waals surface area contributed by atoms with Gasteiger partial charge in [0.25, 0.3) is 0 Å². The molecule has 1 N–H and O–H groups in total. The summed E-state index contributed by atoms with van der Waals surface area (Å²) in [7, 11) is 0. The fourth-order valence-corrected chi connectivity index (χ4v) is 1.39. The van der Waals surface area contributed by atoms with Crippen molar-refractivity contribution in [1.29, 1.82) is 0 Å². The zero-order valence-corrected chi connectivity index (χ0v) is 9.38. The van der Waals surface area contributed by atoms with Crippen LogP contribution in [0.2, 0.25) is 0 Å². The molecule has 1 heterocycles. The van der Waals surface area contributed by atoms with Gasteiger partial charge < -0.3 is 5.11 Å². The van der Waals surface area contributed by atoms with Crippen molar-refractivity contribution in [1.82, 2.24) is 4.98 Å². The lowest BCUT2D eigenvalue weighted by atomic mass is 9.85. The maximum atomic E-state index is 12.6. The summed E-state index contributed by atoms with van der Waals surface area (Å²) in [5, 5.41) is 8.89. The molecule has 0 aliphatic rings. The molecule has 0 aliphatic heterocycles. The number of rotatable bonds is 3. The van der Waals surface area contributed by atoms with Crippen molar-refractivity contribution in [2.75, 3.05) is 0 Å². The van der Waals surface area contributed by atoms with Gasteiger partial charge in [0.15, 0.2) is 0 Å². The maximum Gasteiger partial charge on any atom is 0.433 e. The van der Waals surface area contributed by atoms with Gasteiger partial charge in [0, 0.05) is 6.20 Å². The molecule has 0 radical (unpaired) electrons. The van der Waals surface area contributed by atoms with Crippen molar-refractivity contribution in [2.24, 2.45) is 5.41 Å². The Morgan fingerprint density at radius 1 is 1.41 bits per heavy atom. The van der Waals surface area contributed by atoms with Crippen LogP contribution in [0.25, 0.3) is 0 Å². The molecule has 0 aliphatic carbocycles. The Kier molecular flexibility index (Phi) is 3.45. The monoisotopic (exact) mass is 247 g/mol. The number of pyridine rings is 1. The maximum absolute atomic E-state index is 12.6. The molecule has 94 valence electrons. The number of hydrogen-bond donors (Lipinski definition) is 1. The van der Waals surface area contributed by atoms with Crippen LogP contribution in [-0.2, 0) is 17.4 Å². The molecular weight excluding hydrogens is 235 g/mol. The van der Waals surface area contributed by atoms with Gasteiger partial charge in [-0.3, -0.25) is 9.78 Å². The first kappa shape index (κ1) is 13.5. The summed E-state index contributed by atoms with van der Waals surface area (Å²) >= 11 is 0. The summed E-state index contributed by atoms with van der Waals surface area (Å²) in [5.74, 6) is -1.14. The van der Waals surface area contributed by atoms with E-state index in [-0.39, 0.29) is 12.0 Å². The van der Waals surface area contributed by atoms with Crippen LogP contribution in [0.15, 0.2) is 18.3 Å². The molecule has 1 rings (SSSR count). The molecule has 0 unspecified atom stereocenters. The second kappa shape index (κ2) is 4.35. The summed E-state index contributed by atoms with van der Waals surface area (Å²) in [6.45, 7) is 2.75. The van der Waals surface area contributed by atoms with Crippen molar-refractivity contribution < 1.29 is 23.1 Å². The summed E-state index contributed by atoms with van der Waals surface area (Å²) in [6, 6.07) is 2.61. The number of carbonyl (C=O) groups is 1. The van der Waals surface area contributed by atoms with Crippen LogP contribution >= 0.6 is 0 Å². The van der Waals surface area contributed by atoms with Gasteiger partial charge in [-0.2, -0.15) is 13.2 Å². The lowest BCUT2D eigenvalue weighted by molar-refractivity contribution is -0.148. The summed E-state index contributed by atoms with van der Waals surface area (Å²) in [5.41, 5.74) is -2.38. The number of carboxylic acids is 1. The number of hydrogen-bond acceptors (Lipinski definition) is 2. The Bertz CT molecular complexity index is 427. The fourth-order valence-electron chi connectivity index (χ4n) is 1.39. The zero-order chi connectivity index (χ0) is 13.3. The van der Waals surface area contributed by atoms with Crippen molar-refractivity contribution in [3.8, 4) is 0 Å². The third-order valence-electron chi connectivity index (χ3n) is 2.37. The predicted octanol–water partition coefficient (Wildman–Crippen LogP) is 2.75. The van der Waals surface area contributed by atoms with Crippen LogP contribution in [0.5, 0.6) is 0 Å². The Balaban J connectivity index is 3.12. The van der Waals surface area contributed by atoms with Gasteiger partial charge in [-0.15, -0.1) is 0 Å². The average molecular weight is 247 g/mol. The Hall–Kier alpha value is -1.59. The minimum atomic E-state index is -4.56. The standard InChI is InChI=1S/C11H12F3NO2/c1-10(2,9(16)17)6-7-4-3-5-15-8(7)11(12,13)14/h3-5H,6H2,1-2H3,(H,16,17). The van der Waals surface area contributed by atoms with Crippen LogP contribution in [0.1, 0.15) is 25.1 Å². The Morgan fingerprint density at radius 2 is 2.00 bits per heavy atom. The van der Waals surface area contributed by atoms with E-state index in [1.165, 1.54) is 26.0 Å². The van der Waals surface area contributed by atoms with E-state index in [0.29, 0.717) is 0 Å². The highest BCUT2D eigenvalue weighted by Crippen LogP contribution is 2.33. The van der Waals surface area contributed by atoms with Gasteiger partial charge in [0.05, 0.1) is 5.41 Å². The average Bonchev–Trinajstić information content (AvgIpc) is 2.15. The van der Waals surface area contributed by atoms with E-state index in [1.54, 1.807) is 0 Å². The molecule has 1 aromatic heterocycles. The highest BCUT2D eigenvalue weighted by molar-refractivity contribution is 5.74. The fraction of sp³-hybridized carbons (Fsp3) is 0.455. The molecule has 0 spiro atoms. The molecule has 3 nitrogen and oxygen atoms in total. The number of aromatic nitrogens is 1. The first-order valence-corrected chi connectivity index (χ1v) is 4.89. The number of aliphatic carboxylic acids is 1. The first-order valence-electron chi connectivity index (χ1n) is 4.89. The van der Waals surface area contributed by atoms with Crippen molar-refractivity contribution in [2.45, 2.75) is 26.4 Å².